The third-order valence-electron chi connectivity index (χ3n) is 1.76. The van der Waals surface area contributed by atoms with Crippen molar-refractivity contribution in [1.82, 2.24) is 9.97 Å². The number of rotatable bonds is 1. The van der Waals surface area contributed by atoms with Crippen LogP contribution in [-0.2, 0) is 0 Å². The maximum Gasteiger partial charge on any atom is 1.00 e. The van der Waals surface area contributed by atoms with Crippen LogP contribution in [-0.4, -0.2) is 9.97 Å². The quantitative estimate of drug-likeness (QED) is 0.627. The molecule has 0 spiro atoms. The van der Waals surface area contributed by atoms with Crippen molar-refractivity contribution >= 4 is 0 Å². The average molecular weight is 255 g/mol. The molecule has 0 saturated heterocycles. The monoisotopic (exact) mass is 254 g/mol. The first kappa shape index (κ1) is 12.2. The largest absolute Gasteiger partial charge is 1.00 e. The Labute approximate surface area is 133 Å². The van der Waals surface area contributed by atoms with Gasteiger partial charge in [-0.15, -0.1) is 0 Å². The Morgan fingerprint density at radius 3 is 2.21 bits per heavy atom. The van der Waals surface area contributed by atoms with Crippen molar-refractivity contribution in [2.24, 2.45) is 0 Å². The molecular weight excluding hydrogens is 246 g/mol. The van der Waals surface area contributed by atoms with E-state index in [0.717, 1.165) is 17.0 Å². The average Bonchev–Trinajstić information content (AvgIpc) is 2.20. The SMILES string of the molecule is Cc1cnc(-c2cc[c-]cc2)nc1.[Rb+]. The molecule has 1 heterocycles. The summed E-state index contributed by atoms with van der Waals surface area (Å²) in [5, 5.41) is 0. The second-order valence-corrected chi connectivity index (χ2v) is 2.87. The van der Waals surface area contributed by atoms with Crippen molar-refractivity contribution in [3.63, 3.8) is 0 Å². The van der Waals surface area contributed by atoms with Gasteiger partial charge in [-0.2, -0.15) is 30.3 Å². The van der Waals surface area contributed by atoms with Crippen LogP contribution in [0.3, 0.4) is 0 Å². The normalized spacial score (nSPS) is 9.21. The number of aromatic nitrogens is 2. The summed E-state index contributed by atoms with van der Waals surface area (Å²) in [6.07, 6.45) is 3.64. The van der Waals surface area contributed by atoms with Crippen molar-refractivity contribution in [1.29, 1.82) is 0 Å². The fraction of sp³-hybridized carbons (Fsp3) is 0.0909. The first-order chi connectivity index (χ1) is 6.36. The smallest absolute Gasteiger partial charge is 0.238 e. The Kier molecular flexibility index (Phi) is 5.10. The first-order valence-electron chi connectivity index (χ1n) is 4.11. The number of hydrogen-bond acceptors (Lipinski definition) is 2. The molecule has 0 saturated carbocycles. The fourth-order valence-corrected chi connectivity index (χ4v) is 1.08. The van der Waals surface area contributed by atoms with Crippen LogP contribution in [0.25, 0.3) is 11.4 Å². The molecule has 0 N–H and O–H groups in total. The Morgan fingerprint density at radius 1 is 1.07 bits per heavy atom. The summed E-state index contributed by atoms with van der Waals surface area (Å²) in [5.74, 6) is 0.764. The van der Waals surface area contributed by atoms with Gasteiger partial charge in [-0.25, -0.2) is 9.97 Å². The van der Waals surface area contributed by atoms with E-state index in [9.17, 15) is 0 Å². The molecule has 1 aromatic carbocycles. The van der Waals surface area contributed by atoms with Gasteiger partial charge in [0.25, 0.3) is 0 Å². The summed E-state index contributed by atoms with van der Waals surface area (Å²) in [4.78, 5) is 8.45. The van der Waals surface area contributed by atoms with E-state index < -0.39 is 0 Å². The molecule has 2 nitrogen and oxygen atoms in total. The Hall–Kier alpha value is 0.105. The minimum atomic E-state index is 0. The van der Waals surface area contributed by atoms with E-state index in [-0.39, 0.29) is 58.2 Å². The van der Waals surface area contributed by atoms with Crippen LogP contribution < -0.4 is 58.2 Å². The van der Waals surface area contributed by atoms with Gasteiger partial charge < -0.3 is 0 Å². The molecule has 0 amide bonds. The van der Waals surface area contributed by atoms with Crippen LogP contribution >= 0.6 is 0 Å². The summed E-state index contributed by atoms with van der Waals surface area (Å²) in [6, 6.07) is 10.6. The third-order valence-corrected chi connectivity index (χ3v) is 1.76. The zero-order chi connectivity index (χ0) is 9.10. The molecule has 14 heavy (non-hydrogen) atoms. The van der Waals surface area contributed by atoms with Gasteiger partial charge in [0.2, 0.25) is 0 Å². The van der Waals surface area contributed by atoms with Crippen LogP contribution in [0.2, 0.25) is 0 Å². The van der Waals surface area contributed by atoms with Gasteiger partial charge in [0.15, 0.2) is 0 Å². The maximum absolute atomic E-state index is 4.22. The molecule has 0 aliphatic rings. The molecule has 2 aromatic rings. The number of aryl methyl sites for hydroxylation is 1. The minimum Gasteiger partial charge on any atom is -0.238 e. The summed E-state index contributed by atoms with van der Waals surface area (Å²) in [5.41, 5.74) is 2.10. The van der Waals surface area contributed by atoms with Crippen LogP contribution in [0.1, 0.15) is 5.56 Å². The summed E-state index contributed by atoms with van der Waals surface area (Å²) < 4.78 is 0. The number of benzene rings is 1. The summed E-state index contributed by atoms with van der Waals surface area (Å²) in [6.45, 7) is 1.97. The molecule has 0 aliphatic heterocycles. The summed E-state index contributed by atoms with van der Waals surface area (Å²) in [7, 11) is 0. The van der Waals surface area contributed by atoms with E-state index in [0.29, 0.717) is 0 Å². The van der Waals surface area contributed by atoms with Gasteiger partial charge in [-0.3, -0.25) is 0 Å². The fourth-order valence-electron chi connectivity index (χ4n) is 1.08. The molecular formula is C11H9N2Rb. The Bertz CT molecular complexity index is 384. The topological polar surface area (TPSA) is 25.8 Å². The van der Waals surface area contributed by atoms with E-state index in [1.165, 1.54) is 0 Å². The second-order valence-electron chi connectivity index (χ2n) is 2.87. The zero-order valence-corrected chi connectivity index (χ0v) is 13.3. The van der Waals surface area contributed by atoms with Gasteiger partial charge in [-0.1, -0.05) is 5.56 Å². The van der Waals surface area contributed by atoms with Crippen LogP contribution in [0, 0.1) is 13.0 Å². The zero-order valence-electron chi connectivity index (χ0n) is 8.36. The van der Waals surface area contributed by atoms with Gasteiger partial charge >= 0.3 is 58.2 Å². The van der Waals surface area contributed by atoms with Gasteiger partial charge in [0, 0.05) is 12.4 Å². The van der Waals surface area contributed by atoms with Gasteiger partial charge in [0.1, 0.15) is 5.82 Å². The van der Waals surface area contributed by atoms with E-state index in [4.69, 9.17) is 0 Å². The molecule has 64 valence electrons. The molecule has 0 fully saturated rings. The molecule has 2 rings (SSSR count). The molecule has 0 aliphatic carbocycles. The van der Waals surface area contributed by atoms with Crippen LogP contribution in [0.5, 0.6) is 0 Å². The predicted molar refractivity (Wildman–Crippen MR) is 51.0 cm³/mol. The van der Waals surface area contributed by atoms with E-state index in [1.54, 1.807) is 0 Å². The Balaban J connectivity index is 0.000000980. The molecule has 0 radical (unpaired) electrons. The van der Waals surface area contributed by atoms with Crippen molar-refractivity contribution in [3.8, 4) is 11.4 Å². The third kappa shape index (κ3) is 3.06. The molecule has 0 atom stereocenters. The molecule has 1 aromatic heterocycles. The van der Waals surface area contributed by atoms with E-state index in [1.807, 2.05) is 43.6 Å². The van der Waals surface area contributed by atoms with Crippen LogP contribution in [0.4, 0.5) is 0 Å². The number of hydrogen-bond donors (Lipinski definition) is 0. The standard InChI is InChI=1S/C11H9N2.Rb/c1-9-7-12-11(13-8-9)10-5-3-2-4-6-10;/h3-8H,1H3;/q-1;+1. The van der Waals surface area contributed by atoms with Crippen molar-refractivity contribution in [3.05, 3.63) is 48.3 Å². The van der Waals surface area contributed by atoms with Gasteiger partial charge in [-0.05, 0) is 12.5 Å². The molecule has 0 unspecified atom stereocenters. The molecule has 3 heteroatoms. The maximum atomic E-state index is 4.22. The second kappa shape index (κ2) is 5.86. The van der Waals surface area contributed by atoms with Crippen LogP contribution in [0.15, 0.2) is 36.7 Å². The predicted octanol–water partition coefficient (Wildman–Crippen LogP) is -0.744. The molecule has 0 bridgehead atoms. The Morgan fingerprint density at radius 2 is 1.64 bits per heavy atom. The van der Waals surface area contributed by atoms with Crippen molar-refractivity contribution in [2.75, 3.05) is 0 Å². The van der Waals surface area contributed by atoms with Crippen molar-refractivity contribution < 1.29 is 58.2 Å². The van der Waals surface area contributed by atoms with E-state index >= 15 is 0 Å². The van der Waals surface area contributed by atoms with Gasteiger partial charge in [0.05, 0.1) is 0 Å². The minimum absolute atomic E-state index is 0. The van der Waals surface area contributed by atoms with Crippen molar-refractivity contribution in [2.45, 2.75) is 6.92 Å². The summed E-state index contributed by atoms with van der Waals surface area (Å²) >= 11 is 0. The van der Waals surface area contributed by atoms with E-state index in [2.05, 4.69) is 16.0 Å². The number of nitrogens with zero attached hydrogens (tertiary/aromatic N) is 2. The first-order valence-corrected chi connectivity index (χ1v) is 4.11.